The fraction of sp³-hybridized carbons (Fsp3) is 0.0500. The van der Waals surface area contributed by atoms with Gasteiger partial charge in [-0.15, -0.1) is 11.3 Å². The maximum Gasteiger partial charge on any atom is 0.296 e. The second-order valence-corrected chi connectivity index (χ2v) is 7.07. The minimum atomic E-state index is -1.04. The third-order valence-electron chi connectivity index (χ3n) is 4.51. The van der Waals surface area contributed by atoms with Crippen molar-refractivity contribution in [1.82, 2.24) is 4.98 Å². The highest BCUT2D eigenvalue weighted by atomic mass is 32.1. The molecule has 29 heavy (non-hydrogen) atoms. The number of aliphatic hydroxyl groups excluding tert-OH is 1. The van der Waals surface area contributed by atoms with Crippen molar-refractivity contribution >= 4 is 33.8 Å². The zero-order valence-electron chi connectivity index (χ0n) is 14.8. The summed E-state index contributed by atoms with van der Waals surface area (Å²) in [5.74, 6) is -2.01. The Morgan fingerprint density at radius 3 is 2.59 bits per heavy atom. The van der Waals surface area contributed by atoms with E-state index < -0.39 is 28.4 Å². The molecule has 1 N–H and O–H groups in total. The average molecular weight is 407 g/mol. The monoisotopic (exact) mass is 407 g/mol. The first-order chi connectivity index (χ1) is 14.0. The van der Waals surface area contributed by atoms with Gasteiger partial charge in [0, 0.05) is 29.3 Å². The summed E-state index contributed by atoms with van der Waals surface area (Å²) in [4.78, 5) is 42.0. The van der Waals surface area contributed by atoms with Crippen molar-refractivity contribution in [2.24, 2.45) is 0 Å². The number of ketones is 1. The van der Waals surface area contributed by atoms with Crippen LogP contribution in [0.4, 0.5) is 10.8 Å². The third-order valence-corrected chi connectivity index (χ3v) is 5.28. The number of non-ortho nitro benzene ring substituents is 1. The maximum atomic E-state index is 13.2. The van der Waals surface area contributed by atoms with Crippen LogP contribution in [-0.4, -0.2) is 26.7 Å². The molecule has 0 saturated heterocycles. The van der Waals surface area contributed by atoms with Crippen molar-refractivity contribution in [3.05, 3.63) is 98.7 Å². The minimum absolute atomic E-state index is 0.142. The maximum absolute atomic E-state index is 13.2. The van der Waals surface area contributed by atoms with Crippen LogP contribution in [0.5, 0.6) is 0 Å². The van der Waals surface area contributed by atoms with Gasteiger partial charge in [-0.1, -0.05) is 42.5 Å². The summed E-state index contributed by atoms with van der Waals surface area (Å²) >= 11 is 1.16. The van der Waals surface area contributed by atoms with Crippen LogP contribution < -0.4 is 4.90 Å². The number of anilines is 1. The Balaban J connectivity index is 1.90. The molecule has 0 fully saturated rings. The van der Waals surface area contributed by atoms with Crippen LogP contribution in [0.1, 0.15) is 22.0 Å². The zero-order valence-corrected chi connectivity index (χ0v) is 15.6. The van der Waals surface area contributed by atoms with Crippen molar-refractivity contribution in [2.75, 3.05) is 4.90 Å². The van der Waals surface area contributed by atoms with E-state index in [0.29, 0.717) is 11.1 Å². The SMILES string of the molecule is O=C(C1=C(O)C(=O)N(c2nccs2)C1c1cccc([N+](=O)[O-])c1)c1ccccc1. The zero-order chi connectivity index (χ0) is 20.5. The number of nitrogens with zero attached hydrogens (tertiary/aromatic N) is 3. The first-order valence-electron chi connectivity index (χ1n) is 8.49. The number of carbonyl (C=O) groups excluding carboxylic acids is 2. The van der Waals surface area contributed by atoms with Gasteiger partial charge in [0.25, 0.3) is 11.6 Å². The van der Waals surface area contributed by atoms with E-state index in [1.54, 1.807) is 41.8 Å². The highest BCUT2D eigenvalue weighted by Gasteiger charge is 2.45. The number of benzene rings is 2. The van der Waals surface area contributed by atoms with Gasteiger partial charge in [-0.3, -0.25) is 24.6 Å². The van der Waals surface area contributed by atoms with E-state index in [9.17, 15) is 24.8 Å². The summed E-state index contributed by atoms with van der Waals surface area (Å²) in [6.45, 7) is 0. The fourth-order valence-corrected chi connectivity index (χ4v) is 3.91. The van der Waals surface area contributed by atoms with Crippen LogP contribution in [0.3, 0.4) is 0 Å². The van der Waals surface area contributed by atoms with Gasteiger partial charge in [0.15, 0.2) is 16.7 Å². The highest BCUT2D eigenvalue weighted by Crippen LogP contribution is 2.43. The van der Waals surface area contributed by atoms with Crippen molar-refractivity contribution < 1.29 is 19.6 Å². The molecular weight excluding hydrogens is 394 g/mol. The lowest BCUT2D eigenvalue weighted by Gasteiger charge is -2.24. The molecular formula is C20H13N3O5S. The average Bonchev–Trinajstić information content (AvgIpc) is 3.35. The second kappa shape index (κ2) is 7.28. The lowest BCUT2D eigenvalue weighted by Crippen LogP contribution is -2.31. The molecule has 1 unspecified atom stereocenters. The van der Waals surface area contributed by atoms with E-state index >= 15 is 0 Å². The van der Waals surface area contributed by atoms with E-state index in [1.807, 2.05) is 0 Å². The van der Waals surface area contributed by atoms with Crippen LogP contribution >= 0.6 is 11.3 Å². The minimum Gasteiger partial charge on any atom is -0.503 e. The lowest BCUT2D eigenvalue weighted by molar-refractivity contribution is -0.384. The van der Waals surface area contributed by atoms with Crippen molar-refractivity contribution in [3.8, 4) is 0 Å². The number of hydrogen-bond donors (Lipinski definition) is 1. The summed E-state index contributed by atoms with van der Waals surface area (Å²) in [5.41, 5.74) is 0.285. The first kappa shape index (κ1) is 18.5. The van der Waals surface area contributed by atoms with Crippen LogP contribution in [0.15, 0.2) is 77.5 Å². The number of nitro benzene ring substituents is 1. The smallest absolute Gasteiger partial charge is 0.296 e. The summed E-state index contributed by atoms with van der Waals surface area (Å²) in [5, 5.41) is 23.7. The highest BCUT2D eigenvalue weighted by molar-refractivity contribution is 7.13. The van der Waals surface area contributed by atoms with Crippen LogP contribution in [0.25, 0.3) is 0 Å². The Morgan fingerprint density at radius 2 is 1.93 bits per heavy atom. The van der Waals surface area contributed by atoms with E-state index in [2.05, 4.69) is 4.98 Å². The van der Waals surface area contributed by atoms with Gasteiger partial charge in [-0.05, 0) is 5.56 Å². The summed E-state index contributed by atoms with van der Waals surface area (Å²) in [7, 11) is 0. The van der Waals surface area contributed by atoms with Gasteiger partial charge in [-0.2, -0.15) is 0 Å². The predicted molar refractivity (Wildman–Crippen MR) is 106 cm³/mol. The third kappa shape index (κ3) is 3.17. The molecule has 1 aliphatic rings. The Hall–Kier alpha value is -3.85. The van der Waals surface area contributed by atoms with Gasteiger partial charge in [0.2, 0.25) is 0 Å². The molecule has 0 bridgehead atoms. The molecule has 144 valence electrons. The van der Waals surface area contributed by atoms with Gasteiger partial charge < -0.3 is 5.11 Å². The van der Waals surface area contributed by atoms with Gasteiger partial charge >= 0.3 is 0 Å². The number of Topliss-reactive ketones (excluding diaryl/α,β-unsaturated/α-hetero) is 1. The molecule has 0 aliphatic carbocycles. The van der Waals surface area contributed by atoms with Crippen molar-refractivity contribution in [2.45, 2.75) is 6.04 Å². The first-order valence-corrected chi connectivity index (χ1v) is 9.37. The second-order valence-electron chi connectivity index (χ2n) is 6.20. The Morgan fingerprint density at radius 1 is 1.17 bits per heavy atom. The molecule has 0 saturated carbocycles. The number of carbonyl (C=O) groups is 2. The number of amides is 1. The Bertz CT molecular complexity index is 1140. The quantitative estimate of drug-likeness (QED) is 0.391. The number of thiazole rings is 1. The number of hydrogen-bond acceptors (Lipinski definition) is 7. The van der Waals surface area contributed by atoms with Crippen molar-refractivity contribution in [3.63, 3.8) is 0 Å². The lowest BCUT2D eigenvalue weighted by atomic mass is 9.92. The van der Waals surface area contributed by atoms with E-state index in [4.69, 9.17) is 0 Å². The number of aromatic nitrogens is 1. The van der Waals surface area contributed by atoms with Gasteiger partial charge in [-0.25, -0.2) is 4.98 Å². The molecule has 1 aromatic heterocycles. The molecule has 3 aromatic rings. The van der Waals surface area contributed by atoms with E-state index in [1.165, 1.54) is 29.3 Å². The molecule has 9 heteroatoms. The Labute approximate surface area is 168 Å². The van der Waals surface area contributed by atoms with Gasteiger partial charge in [0.1, 0.15) is 0 Å². The van der Waals surface area contributed by atoms with Crippen LogP contribution in [-0.2, 0) is 4.79 Å². The standard InChI is InChI=1S/C20H13N3O5S/c24-17(12-5-2-1-3-6-12)15-16(13-7-4-8-14(11-13)23(27)28)22(19(26)18(15)25)20-21-9-10-29-20/h1-11,16,25H. The molecule has 1 amide bonds. The molecule has 0 radical (unpaired) electrons. The molecule has 2 heterocycles. The summed E-state index contributed by atoms with van der Waals surface area (Å²) in [6.07, 6.45) is 1.49. The molecule has 1 atom stereocenters. The number of nitro groups is 1. The Kier molecular flexibility index (Phi) is 4.65. The van der Waals surface area contributed by atoms with E-state index in [0.717, 1.165) is 11.3 Å². The molecule has 0 spiro atoms. The molecule has 8 nitrogen and oxygen atoms in total. The fourth-order valence-electron chi connectivity index (χ4n) is 3.24. The van der Waals surface area contributed by atoms with Crippen molar-refractivity contribution in [1.29, 1.82) is 0 Å². The topological polar surface area (TPSA) is 114 Å². The van der Waals surface area contributed by atoms with Gasteiger partial charge in [0.05, 0.1) is 16.5 Å². The molecule has 1 aliphatic heterocycles. The summed E-state index contributed by atoms with van der Waals surface area (Å²) < 4.78 is 0. The number of aliphatic hydroxyl groups is 1. The van der Waals surface area contributed by atoms with E-state index in [-0.39, 0.29) is 16.4 Å². The predicted octanol–water partition coefficient (Wildman–Crippen LogP) is 3.83. The van der Waals surface area contributed by atoms with Crippen LogP contribution in [0, 0.1) is 10.1 Å². The normalized spacial score (nSPS) is 16.3. The molecule has 2 aromatic carbocycles. The van der Waals surface area contributed by atoms with Crippen LogP contribution in [0.2, 0.25) is 0 Å². The summed E-state index contributed by atoms with van der Waals surface area (Å²) in [6, 6.07) is 12.8. The molecule has 4 rings (SSSR count). The largest absolute Gasteiger partial charge is 0.503 e. The number of rotatable bonds is 5.